The second kappa shape index (κ2) is 6.38. The van der Waals surface area contributed by atoms with Gasteiger partial charge < -0.3 is 16.4 Å². The van der Waals surface area contributed by atoms with Crippen molar-refractivity contribution in [3.05, 3.63) is 65.7 Å². The summed E-state index contributed by atoms with van der Waals surface area (Å²) in [5.41, 5.74) is 7.56. The maximum atomic E-state index is 11.9. The zero-order valence-corrected chi connectivity index (χ0v) is 10.9. The van der Waals surface area contributed by atoms with Crippen LogP contribution in [-0.4, -0.2) is 11.9 Å². The average molecular weight is 268 g/mol. The van der Waals surface area contributed by atoms with Crippen LogP contribution in [-0.2, 0) is 6.54 Å². The topological polar surface area (TPSA) is 91.0 Å². The van der Waals surface area contributed by atoms with Gasteiger partial charge in [-0.25, -0.2) is 0 Å². The normalized spacial score (nSPS) is 9.80. The molecule has 2 aromatic carbocycles. The van der Waals surface area contributed by atoms with Crippen LogP contribution in [0.3, 0.4) is 0 Å². The lowest BCUT2D eigenvalue weighted by Gasteiger charge is -2.08. The fraction of sp³-hybridized carbons (Fsp3) is 0.0667. The molecule has 0 aliphatic rings. The Morgan fingerprint density at radius 3 is 2.55 bits per heavy atom. The van der Waals surface area contributed by atoms with E-state index in [1.54, 1.807) is 12.1 Å². The van der Waals surface area contributed by atoms with Crippen LogP contribution in [0.4, 0.5) is 5.69 Å². The van der Waals surface area contributed by atoms with Gasteiger partial charge in [0.2, 0.25) is 0 Å². The molecule has 0 bridgehead atoms. The molecule has 0 saturated carbocycles. The maximum absolute atomic E-state index is 11.9. The van der Waals surface area contributed by atoms with Gasteiger partial charge in [-0.2, -0.15) is 0 Å². The number of amides is 1. The largest absolute Gasteiger partial charge is 0.370 e. The Balaban J connectivity index is 1.97. The standard InChI is InChI=1S/C15H16N4O/c16-15(17)19-13-8-4-5-11(9-13)10-18-14(20)12-6-2-1-3-7-12/h1-9H,10H2,(H,18,20)(H4,16,17,19). The lowest BCUT2D eigenvalue weighted by atomic mass is 10.2. The molecule has 0 radical (unpaired) electrons. The smallest absolute Gasteiger partial charge is 0.251 e. The molecule has 0 atom stereocenters. The lowest BCUT2D eigenvalue weighted by Crippen LogP contribution is -2.23. The van der Waals surface area contributed by atoms with Crippen LogP contribution < -0.4 is 16.4 Å². The monoisotopic (exact) mass is 268 g/mol. The zero-order valence-electron chi connectivity index (χ0n) is 10.9. The first-order valence-corrected chi connectivity index (χ1v) is 6.18. The molecular formula is C15H16N4O. The molecule has 5 heteroatoms. The van der Waals surface area contributed by atoms with Gasteiger partial charge in [-0.3, -0.25) is 10.2 Å². The summed E-state index contributed by atoms with van der Waals surface area (Å²) < 4.78 is 0. The van der Waals surface area contributed by atoms with Crippen molar-refractivity contribution in [2.45, 2.75) is 6.54 Å². The van der Waals surface area contributed by atoms with E-state index in [0.717, 1.165) is 11.3 Å². The van der Waals surface area contributed by atoms with Gasteiger partial charge in [0, 0.05) is 17.8 Å². The molecule has 1 amide bonds. The molecule has 0 unspecified atom stereocenters. The number of nitrogens with one attached hydrogen (secondary N) is 3. The van der Waals surface area contributed by atoms with Crippen LogP contribution in [0.2, 0.25) is 0 Å². The van der Waals surface area contributed by atoms with Crippen LogP contribution in [0.15, 0.2) is 54.6 Å². The van der Waals surface area contributed by atoms with E-state index in [1.165, 1.54) is 0 Å². The SMILES string of the molecule is N=C(N)Nc1cccc(CNC(=O)c2ccccc2)c1. The van der Waals surface area contributed by atoms with E-state index in [1.807, 2.05) is 42.5 Å². The summed E-state index contributed by atoms with van der Waals surface area (Å²) >= 11 is 0. The molecule has 5 N–H and O–H groups in total. The molecule has 5 nitrogen and oxygen atoms in total. The van der Waals surface area contributed by atoms with Crippen LogP contribution in [0.1, 0.15) is 15.9 Å². The van der Waals surface area contributed by atoms with Crippen molar-refractivity contribution < 1.29 is 4.79 Å². The summed E-state index contributed by atoms with van der Waals surface area (Å²) in [5, 5.41) is 12.7. The van der Waals surface area contributed by atoms with Gasteiger partial charge in [-0.15, -0.1) is 0 Å². The third-order valence-electron chi connectivity index (χ3n) is 2.70. The molecule has 102 valence electrons. The molecule has 2 rings (SSSR count). The van der Waals surface area contributed by atoms with E-state index >= 15 is 0 Å². The van der Waals surface area contributed by atoms with Gasteiger partial charge in [-0.05, 0) is 29.8 Å². The number of hydrogen-bond acceptors (Lipinski definition) is 2. The van der Waals surface area contributed by atoms with Gasteiger partial charge in [0.05, 0.1) is 0 Å². The van der Waals surface area contributed by atoms with E-state index in [4.69, 9.17) is 11.1 Å². The molecule has 0 aliphatic carbocycles. The highest BCUT2D eigenvalue weighted by Crippen LogP contribution is 2.10. The first-order chi connectivity index (χ1) is 9.65. The Bertz CT molecular complexity index is 610. The van der Waals surface area contributed by atoms with E-state index in [9.17, 15) is 4.79 Å². The Labute approximate surface area is 117 Å². The third kappa shape index (κ3) is 3.84. The summed E-state index contributed by atoms with van der Waals surface area (Å²) in [5.74, 6) is -0.231. The van der Waals surface area contributed by atoms with Gasteiger partial charge in [-0.1, -0.05) is 30.3 Å². The van der Waals surface area contributed by atoms with Crippen molar-refractivity contribution in [3.8, 4) is 0 Å². The Morgan fingerprint density at radius 1 is 1.10 bits per heavy atom. The number of carbonyl (C=O) groups is 1. The van der Waals surface area contributed by atoms with Gasteiger partial charge >= 0.3 is 0 Å². The van der Waals surface area contributed by atoms with Gasteiger partial charge in [0.15, 0.2) is 5.96 Å². The first-order valence-electron chi connectivity index (χ1n) is 6.18. The summed E-state index contributed by atoms with van der Waals surface area (Å²) in [6, 6.07) is 16.4. The third-order valence-corrected chi connectivity index (χ3v) is 2.70. The average Bonchev–Trinajstić information content (AvgIpc) is 2.45. The summed E-state index contributed by atoms with van der Waals surface area (Å²) in [4.78, 5) is 11.9. The molecule has 20 heavy (non-hydrogen) atoms. The fourth-order valence-corrected chi connectivity index (χ4v) is 1.79. The van der Waals surface area contributed by atoms with Gasteiger partial charge in [0.1, 0.15) is 0 Å². The number of carbonyl (C=O) groups excluding carboxylic acids is 1. The molecule has 0 aromatic heterocycles. The summed E-state index contributed by atoms with van der Waals surface area (Å²) in [7, 11) is 0. The minimum Gasteiger partial charge on any atom is -0.370 e. The first kappa shape index (κ1) is 13.6. The molecule has 0 heterocycles. The summed E-state index contributed by atoms with van der Waals surface area (Å²) in [6.07, 6.45) is 0. The molecular weight excluding hydrogens is 252 g/mol. The predicted octanol–water partition coefficient (Wildman–Crippen LogP) is 1.92. The van der Waals surface area contributed by atoms with Gasteiger partial charge in [0.25, 0.3) is 5.91 Å². The number of anilines is 1. The molecule has 0 aliphatic heterocycles. The van der Waals surface area contributed by atoms with Crippen molar-refractivity contribution in [2.75, 3.05) is 5.32 Å². The highest BCUT2D eigenvalue weighted by atomic mass is 16.1. The zero-order chi connectivity index (χ0) is 14.4. The van der Waals surface area contributed by atoms with E-state index in [-0.39, 0.29) is 11.9 Å². The predicted molar refractivity (Wildman–Crippen MR) is 79.6 cm³/mol. The minimum atomic E-state index is -0.115. The minimum absolute atomic E-state index is 0.115. The van der Waals surface area contributed by atoms with Crippen LogP contribution in [0.25, 0.3) is 0 Å². The van der Waals surface area contributed by atoms with Crippen LogP contribution >= 0.6 is 0 Å². The number of hydrogen-bond donors (Lipinski definition) is 4. The van der Waals surface area contributed by atoms with E-state index < -0.39 is 0 Å². The Morgan fingerprint density at radius 2 is 1.85 bits per heavy atom. The Hall–Kier alpha value is -2.82. The Kier molecular flexibility index (Phi) is 4.34. The number of benzene rings is 2. The van der Waals surface area contributed by atoms with Crippen molar-refractivity contribution in [3.63, 3.8) is 0 Å². The van der Waals surface area contributed by atoms with Crippen LogP contribution in [0.5, 0.6) is 0 Å². The molecule has 0 fully saturated rings. The van der Waals surface area contributed by atoms with Crippen LogP contribution in [0, 0.1) is 5.41 Å². The van der Waals surface area contributed by atoms with Crippen molar-refractivity contribution in [2.24, 2.45) is 5.73 Å². The quantitative estimate of drug-likeness (QED) is 0.504. The maximum Gasteiger partial charge on any atom is 0.251 e. The lowest BCUT2D eigenvalue weighted by molar-refractivity contribution is 0.0951. The fourth-order valence-electron chi connectivity index (χ4n) is 1.79. The second-order valence-electron chi connectivity index (χ2n) is 4.29. The highest BCUT2D eigenvalue weighted by molar-refractivity contribution is 5.94. The van der Waals surface area contributed by atoms with Crippen molar-refractivity contribution in [1.29, 1.82) is 5.41 Å². The number of guanidine groups is 1. The number of rotatable bonds is 4. The summed E-state index contributed by atoms with van der Waals surface area (Å²) in [6.45, 7) is 0.418. The van der Waals surface area contributed by atoms with Crippen molar-refractivity contribution in [1.82, 2.24) is 5.32 Å². The number of nitrogens with two attached hydrogens (primary N) is 1. The molecule has 0 saturated heterocycles. The van der Waals surface area contributed by atoms with E-state index in [0.29, 0.717) is 12.1 Å². The second-order valence-corrected chi connectivity index (χ2v) is 4.29. The van der Waals surface area contributed by atoms with E-state index in [2.05, 4.69) is 10.6 Å². The van der Waals surface area contributed by atoms with Crippen molar-refractivity contribution >= 4 is 17.6 Å². The molecule has 2 aromatic rings. The highest BCUT2D eigenvalue weighted by Gasteiger charge is 2.04. The molecule has 0 spiro atoms.